The molecule has 0 bridgehead atoms. The van der Waals surface area contributed by atoms with Crippen molar-refractivity contribution in [2.24, 2.45) is 0 Å². The molecule has 5 heteroatoms. The molecule has 1 saturated heterocycles. The van der Waals surface area contributed by atoms with Gasteiger partial charge >= 0.3 is 0 Å². The number of hydrogen-bond acceptors (Lipinski definition) is 2. The zero-order chi connectivity index (χ0) is 18.9. The van der Waals surface area contributed by atoms with Crippen molar-refractivity contribution in [3.05, 3.63) is 65.5 Å². The summed E-state index contributed by atoms with van der Waals surface area (Å²) < 4.78 is 13.8. The molecule has 0 aromatic heterocycles. The number of rotatable bonds is 4. The van der Waals surface area contributed by atoms with Crippen LogP contribution in [0.4, 0.5) is 10.1 Å². The Bertz CT molecular complexity index is 874. The summed E-state index contributed by atoms with van der Waals surface area (Å²) in [6, 6.07) is 13.7. The molecule has 2 fully saturated rings. The fourth-order valence-corrected chi connectivity index (χ4v) is 4.28. The SMILES string of the molecule is O=C(NC1(c2cccc(F)c2)CCCC1)c1cccc(N2CCCC2=O)c1. The topological polar surface area (TPSA) is 49.4 Å². The molecule has 0 atom stereocenters. The van der Waals surface area contributed by atoms with Crippen LogP contribution in [0, 0.1) is 5.82 Å². The third-order valence-electron chi connectivity index (χ3n) is 5.68. The number of halogens is 1. The van der Waals surface area contributed by atoms with E-state index in [4.69, 9.17) is 0 Å². The van der Waals surface area contributed by atoms with E-state index in [1.54, 1.807) is 29.2 Å². The summed E-state index contributed by atoms with van der Waals surface area (Å²) in [5.41, 5.74) is 1.57. The monoisotopic (exact) mass is 366 g/mol. The molecule has 0 radical (unpaired) electrons. The van der Waals surface area contributed by atoms with Gasteiger partial charge in [-0.25, -0.2) is 4.39 Å². The largest absolute Gasteiger partial charge is 0.343 e. The van der Waals surface area contributed by atoms with E-state index in [0.717, 1.165) is 43.4 Å². The molecule has 1 saturated carbocycles. The molecule has 4 rings (SSSR count). The maximum atomic E-state index is 13.8. The lowest BCUT2D eigenvalue weighted by Gasteiger charge is -2.31. The highest BCUT2D eigenvalue weighted by atomic mass is 19.1. The molecule has 2 amide bonds. The molecule has 27 heavy (non-hydrogen) atoms. The summed E-state index contributed by atoms with van der Waals surface area (Å²) in [5.74, 6) is -0.378. The van der Waals surface area contributed by atoms with Gasteiger partial charge in [0, 0.05) is 24.2 Å². The quantitative estimate of drug-likeness (QED) is 0.884. The highest BCUT2D eigenvalue weighted by molar-refractivity contribution is 5.99. The van der Waals surface area contributed by atoms with Gasteiger partial charge in [-0.2, -0.15) is 0 Å². The Kier molecular flexibility index (Phi) is 4.68. The Labute approximate surface area is 158 Å². The van der Waals surface area contributed by atoms with E-state index < -0.39 is 5.54 Å². The van der Waals surface area contributed by atoms with Gasteiger partial charge in [0.1, 0.15) is 5.82 Å². The Morgan fingerprint density at radius 1 is 1.04 bits per heavy atom. The summed E-state index contributed by atoms with van der Waals surface area (Å²) >= 11 is 0. The normalized spacial score (nSPS) is 18.7. The second-order valence-electron chi connectivity index (χ2n) is 7.45. The molecule has 0 spiro atoms. The van der Waals surface area contributed by atoms with E-state index in [1.165, 1.54) is 12.1 Å². The first-order valence-corrected chi connectivity index (χ1v) is 9.56. The second kappa shape index (κ2) is 7.14. The number of anilines is 1. The van der Waals surface area contributed by atoms with Crippen LogP contribution in [0.3, 0.4) is 0 Å². The summed E-state index contributed by atoms with van der Waals surface area (Å²) in [4.78, 5) is 26.7. The Morgan fingerprint density at radius 2 is 1.81 bits per heavy atom. The molecule has 1 aliphatic heterocycles. The Morgan fingerprint density at radius 3 is 2.52 bits per heavy atom. The van der Waals surface area contributed by atoms with Crippen LogP contribution in [0.5, 0.6) is 0 Å². The number of nitrogens with one attached hydrogen (secondary N) is 1. The van der Waals surface area contributed by atoms with E-state index in [1.807, 2.05) is 12.1 Å². The van der Waals surface area contributed by atoms with Gasteiger partial charge in [-0.3, -0.25) is 9.59 Å². The zero-order valence-corrected chi connectivity index (χ0v) is 15.2. The molecule has 2 aromatic rings. The number of carbonyl (C=O) groups is 2. The molecule has 140 valence electrons. The predicted molar refractivity (Wildman–Crippen MR) is 102 cm³/mol. The minimum Gasteiger partial charge on any atom is -0.343 e. The van der Waals surface area contributed by atoms with Crippen molar-refractivity contribution in [2.75, 3.05) is 11.4 Å². The number of nitrogens with zero attached hydrogens (tertiary/aromatic N) is 1. The van der Waals surface area contributed by atoms with Gasteiger partial charge in [-0.05, 0) is 55.2 Å². The van der Waals surface area contributed by atoms with E-state index in [-0.39, 0.29) is 17.6 Å². The van der Waals surface area contributed by atoms with Crippen LogP contribution < -0.4 is 10.2 Å². The van der Waals surface area contributed by atoms with Crippen LogP contribution in [-0.2, 0) is 10.3 Å². The highest BCUT2D eigenvalue weighted by Gasteiger charge is 2.37. The summed E-state index contributed by atoms with van der Waals surface area (Å²) in [6.45, 7) is 0.692. The van der Waals surface area contributed by atoms with Gasteiger partial charge in [0.05, 0.1) is 5.54 Å². The number of hydrogen-bond donors (Lipinski definition) is 1. The number of carbonyl (C=O) groups excluding carboxylic acids is 2. The first-order valence-electron chi connectivity index (χ1n) is 9.56. The fourth-order valence-electron chi connectivity index (χ4n) is 4.28. The van der Waals surface area contributed by atoms with Crippen LogP contribution in [0.2, 0.25) is 0 Å². The zero-order valence-electron chi connectivity index (χ0n) is 15.2. The van der Waals surface area contributed by atoms with Gasteiger partial charge in [0.15, 0.2) is 0 Å². The van der Waals surface area contributed by atoms with Crippen molar-refractivity contribution < 1.29 is 14.0 Å². The van der Waals surface area contributed by atoms with Crippen LogP contribution in [0.15, 0.2) is 48.5 Å². The average Bonchev–Trinajstić information content (AvgIpc) is 3.32. The minimum absolute atomic E-state index is 0.0968. The highest BCUT2D eigenvalue weighted by Crippen LogP contribution is 2.39. The van der Waals surface area contributed by atoms with Crippen LogP contribution in [0.25, 0.3) is 0 Å². The minimum atomic E-state index is -0.529. The summed E-state index contributed by atoms with van der Waals surface area (Å²) in [5, 5.41) is 3.17. The molecular weight excluding hydrogens is 343 g/mol. The first-order chi connectivity index (χ1) is 13.1. The molecular formula is C22H23FN2O2. The van der Waals surface area contributed by atoms with Crippen molar-refractivity contribution in [1.82, 2.24) is 5.32 Å². The third kappa shape index (κ3) is 3.46. The Balaban J connectivity index is 1.60. The van der Waals surface area contributed by atoms with Crippen molar-refractivity contribution >= 4 is 17.5 Å². The third-order valence-corrected chi connectivity index (χ3v) is 5.68. The molecule has 0 unspecified atom stereocenters. The van der Waals surface area contributed by atoms with Crippen molar-refractivity contribution in [2.45, 2.75) is 44.1 Å². The first kappa shape index (κ1) is 17.7. The van der Waals surface area contributed by atoms with Crippen LogP contribution in [0.1, 0.15) is 54.4 Å². The van der Waals surface area contributed by atoms with Crippen LogP contribution in [-0.4, -0.2) is 18.4 Å². The molecule has 2 aromatic carbocycles. The van der Waals surface area contributed by atoms with Crippen LogP contribution >= 0.6 is 0 Å². The molecule has 2 aliphatic rings. The maximum Gasteiger partial charge on any atom is 0.252 e. The molecule has 1 heterocycles. The van der Waals surface area contributed by atoms with Crippen molar-refractivity contribution in [1.29, 1.82) is 0 Å². The van der Waals surface area contributed by atoms with E-state index in [0.29, 0.717) is 18.5 Å². The summed E-state index contributed by atoms with van der Waals surface area (Å²) in [6.07, 6.45) is 4.99. The summed E-state index contributed by atoms with van der Waals surface area (Å²) in [7, 11) is 0. The standard InChI is InChI=1S/C22H23FN2O2/c23-18-8-4-7-17(15-18)22(11-1-2-12-22)24-21(27)16-6-3-9-19(14-16)25-13-5-10-20(25)26/h3-4,6-9,14-15H,1-2,5,10-13H2,(H,24,27). The second-order valence-corrected chi connectivity index (χ2v) is 7.45. The lowest BCUT2D eigenvalue weighted by atomic mass is 9.87. The van der Waals surface area contributed by atoms with E-state index >= 15 is 0 Å². The van der Waals surface area contributed by atoms with Gasteiger partial charge in [-0.15, -0.1) is 0 Å². The number of amides is 2. The van der Waals surface area contributed by atoms with Gasteiger partial charge in [0.25, 0.3) is 5.91 Å². The molecule has 1 N–H and O–H groups in total. The maximum absolute atomic E-state index is 13.8. The van der Waals surface area contributed by atoms with Gasteiger partial charge in [0.2, 0.25) is 5.91 Å². The lowest BCUT2D eigenvalue weighted by Crippen LogP contribution is -2.44. The number of benzene rings is 2. The average molecular weight is 366 g/mol. The molecule has 1 aliphatic carbocycles. The predicted octanol–water partition coefficient (Wildman–Crippen LogP) is 4.15. The van der Waals surface area contributed by atoms with Crippen molar-refractivity contribution in [3.63, 3.8) is 0 Å². The molecule has 4 nitrogen and oxygen atoms in total. The van der Waals surface area contributed by atoms with Crippen molar-refractivity contribution in [3.8, 4) is 0 Å². The van der Waals surface area contributed by atoms with Gasteiger partial charge in [-0.1, -0.05) is 31.0 Å². The Hall–Kier alpha value is -2.69. The van der Waals surface area contributed by atoms with Gasteiger partial charge < -0.3 is 10.2 Å². The smallest absolute Gasteiger partial charge is 0.252 e. The van der Waals surface area contributed by atoms with E-state index in [9.17, 15) is 14.0 Å². The van der Waals surface area contributed by atoms with E-state index in [2.05, 4.69) is 5.32 Å². The fraction of sp³-hybridized carbons (Fsp3) is 0.364. The lowest BCUT2D eigenvalue weighted by molar-refractivity contribution is -0.117.